The van der Waals surface area contributed by atoms with Gasteiger partial charge in [-0.1, -0.05) is 53.7 Å². The van der Waals surface area contributed by atoms with Gasteiger partial charge in [-0.15, -0.1) is 0 Å². The summed E-state index contributed by atoms with van der Waals surface area (Å²) in [7, 11) is 0. The molecular formula is C22H19N3O3. The highest BCUT2D eigenvalue weighted by atomic mass is 16.5. The smallest absolute Gasteiger partial charge is 0.261 e. The molecule has 0 spiro atoms. The molecule has 2 aromatic carbocycles. The van der Waals surface area contributed by atoms with E-state index < -0.39 is 0 Å². The molecule has 28 heavy (non-hydrogen) atoms. The zero-order valence-corrected chi connectivity index (χ0v) is 15.5. The summed E-state index contributed by atoms with van der Waals surface area (Å²) in [5, 5.41) is 4.14. The molecule has 6 heteroatoms. The minimum absolute atomic E-state index is 0.0107. The van der Waals surface area contributed by atoms with Crippen molar-refractivity contribution < 1.29 is 14.1 Å². The molecule has 2 amide bonds. The largest absolute Gasteiger partial charge is 0.360 e. The maximum Gasteiger partial charge on any atom is 0.261 e. The number of rotatable bonds is 2. The summed E-state index contributed by atoms with van der Waals surface area (Å²) in [5.74, 6) is 0.318. The minimum atomic E-state index is -0.372. The van der Waals surface area contributed by atoms with Gasteiger partial charge < -0.3 is 14.3 Å². The van der Waals surface area contributed by atoms with Crippen LogP contribution in [0.4, 0.5) is 0 Å². The van der Waals surface area contributed by atoms with Crippen LogP contribution in [0.5, 0.6) is 0 Å². The summed E-state index contributed by atoms with van der Waals surface area (Å²) in [6.45, 7) is 2.98. The van der Waals surface area contributed by atoms with Gasteiger partial charge in [0.05, 0.1) is 0 Å². The van der Waals surface area contributed by atoms with Crippen molar-refractivity contribution >= 4 is 11.8 Å². The molecule has 2 aliphatic rings. The number of benzene rings is 2. The zero-order chi connectivity index (χ0) is 19.3. The first-order chi connectivity index (χ1) is 13.7. The number of aryl methyl sites for hydroxylation is 1. The molecule has 2 aliphatic heterocycles. The highest BCUT2D eigenvalue weighted by molar-refractivity contribution is 6.03. The molecule has 0 radical (unpaired) electrons. The third-order valence-corrected chi connectivity index (χ3v) is 5.50. The number of amides is 2. The van der Waals surface area contributed by atoms with E-state index in [-0.39, 0.29) is 18.0 Å². The summed E-state index contributed by atoms with van der Waals surface area (Å²) in [6.07, 6.45) is 0.371. The van der Waals surface area contributed by atoms with Crippen LogP contribution in [0.15, 0.2) is 59.1 Å². The number of carbonyl (C=O) groups excluding carboxylic acids is 2. The highest BCUT2D eigenvalue weighted by Crippen LogP contribution is 2.40. The first-order valence-corrected chi connectivity index (χ1v) is 9.39. The summed E-state index contributed by atoms with van der Waals surface area (Å²) >= 11 is 0. The Bertz CT molecular complexity index is 1070. The van der Waals surface area contributed by atoms with Gasteiger partial charge in [-0.2, -0.15) is 0 Å². The lowest BCUT2D eigenvalue weighted by Gasteiger charge is -2.40. The van der Waals surface area contributed by atoms with E-state index in [1.54, 1.807) is 16.7 Å². The van der Waals surface area contributed by atoms with Crippen molar-refractivity contribution in [2.24, 2.45) is 0 Å². The normalized spacial score (nSPS) is 18.2. The summed E-state index contributed by atoms with van der Waals surface area (Å²) in [4.78, 5) is 30.0. The van der Waals surface area contributed by atoms with Gasteiger partial charge in [0, 0.05) is 29.8 Å². The van der Waals surface area contributed by atoms with Crippen molar-refractivity contribution in [3.8, 4) is 11.3 Å². The van der Waals surface area contributed by atoms with Crippen molar-refractivity contribution in [1.82, 2.24) is 15.0 Å². The first kappa shape index (κ1) is 16.7. The molecule has 3 heterocycles. The highest BCUT2D eigenvalue weighted by Gasteiger charge is 2.44. The predicted octanol–water partition coefficient (Wildman–Crippen LogP) is 3.65. The fourth-order valence-electron chi connectivity index (χ4n) is 4.22. The van der Waals surface area contributed by atoms with Gasteiger partial charge >= 0.3 is 0 Å². The average molecular weight is 373 g/mol. The van der Waals surface area contributed by atoms with E-state index in [4.69, 9.17) is 4.52 Å². The average Bonchev–Trinajstić information content (AvgIpc) is 3.27. The van der Waals surface area contributed by atoms with Crippen LogP contribution in [-0.2, 0) is 0 Å². The van der Waals surface area contributed by atoms with Crippen LogP contribution in [0.3, 0.4) is 0 Å². The van der Waals surface area contributed by atoms with E-state index in [0.717, 1.165) is 17.5 Å². The lowest BCUT2D eigenvalue weighted by Crippen LogP contribution is -2.48. The molecule has 0 bridgehead atoms. The summed E-state index contributed by atoms with van der Waals surface area (Å²) in [6, 6.07) is 17.1. The maximum absolute atomic E-state index is 13.6. The van der Waals surface area contributed by atoms with Crippen molar-refractivity contribution in [3.63, 3.8) is 0 Å². The molecule has 0 N–H and O–H groups in total. The SMILES string of the molecule is Cc1onc(-c2ccccc2)c1C(=O)N1CCCN2C(=O)c3ccccc3[C@H]21. The second kappa shape index (κ2) is 6.34. The third-order valence-electron chi connectivity index (χ3n) is 5.50. The van der Waals surface area contributed by atoms with Crippen LogP contribution in [0.2, 0.25) is 0 Å². The van der Waals surface area contributed by atoms with Gasteiger partial charge in [0.15, 0.2) is 0 Å². The van der Waals surface area contributed by atoms with Crippen LogP contribution in [0, 0.1) is 6.92 Å². The number of hydrogen-bond acceptors (Lipinski definition) is 4. The molecule has 3 aromatic rings. The number of aromatic nitrogens is 1. The molecule has 140 valence electrons. The summed E-state index contributed by atoms with van der Waals surface area (Å²) in [5.41, 5.74) is 3.40. The lowest BCUT2D eigenvalue weighted by molar-refractivity contribution is 0.0164. The van der Waals surface area contributed by atoms with Crippen LogP contribution >= 0.6 is 0 Å². The van der Waals surface area contributed by atoms with Gasteiger partial charge in [0.2, 0.25) is 0 Å². The van der Waals surface area contributed by atoms with Gasteiger partial charge in [-0.3, -0.25) is 9.59 Å². The van der Waals surface area contributed by atoms with Crippen LogP contribution in [0.1, 0.15) is 44.6 Å². The summed E-state index contributed by atoms with van der Waals surface area (Å²) < 4.78 is 5.39. The third kappa shape index (κ3) is 2.37. The number of carbonyl (C=O) groups is 2. The van der Waals surface area contributed by atoms with E-state index >= 15 is 0 Å². The van der Waals surface area contributed by atoms with Crippen molar-refractivity contribution in [2.75, 3.05) is 13.1 Å². The van der Waals surface area contributed by atoms with Crippen molar-refractivity contribution in [1.29, 1.82) is 0 Å². The number of hydrogen-bond donors (Lipinski definition) is 0. The van der Waals surface area contributed by atoms with E-state index in [0.29, 0.717) is 35.7 Å². The molecule has 0 aliphatic carbocycles. The first-order valence-electron chi connectivity index (χ1n) is 9.39. The lowest BCUT2D eigenvalue weighted by atomic mass is 10.0. The fourth-order valence-corrected chi connectivity index (χ4v) is 4.22. The predicted molar refractivity (Wildman–Crippen MR) is 103 cm³/mol. The number of fused-ring (bicyclic) bond motifs is 3. The Hall–Kier alpha value is -3.41. The molecule has 1 saturated heterocycles. The van der Waals surface area contributed by atoms with Crippen LogP contribution in [0.25, 0.3) is 11.3 Å². The quantitative estimate of drug-likeness (QED) is 0.688. The van der Waals surface area contributed by atoms with Crippen LogP contribution in [-0.4, -0.2) is 39.9 Å². The van der Waals surface area contributed by atoms with E-state index in [2.05, 4.69) is 5.16 Å². The molecule has 1 atom stereocenters. The maximum atomic E-state index is 13.6. The number of nitrogens with zero attached hydrogens (tertiary/aromatic N) is 3. The van der Waals surface area contributed by atoms with E-state index in [1.165, 1.54) is 0 Å². The minimum Gasteiger partial charge on any atom is -0.360 e. The second-order valence-electron chi connectivity index (χ2n) is 7.14. The van der Waals surface area contributed by atoms with Crippen molar-refractivity contribution in [3.05, 3.63) is 77.0 Å². The Kier molecular flexibility index (Phi) is 3.79. The molecule has 6 nitrogen and oxygen atoms in total. The molecule has 1 fully saturated rings. The topological polar surface area (TPSA) is 66.7 Å². The van der Waals surface area contributed by atoms with Gasteiger partial charge in [0.25, 0.3) is 11.8 Å². The van der Waals surface area contributed by atoms with Gasteiger partial charge in [-0.05, 0) is 19.4 Å². The van der Waals surface area contributed by atoms with Gasteiger partial charge in [-0.25, -0.2) is 0 Å². The van der Waals surface area contributed by atoms with E-state index in [1.807, 2.05) is 54.6 Å². The Morgan fingerprint density at radius 2 is 1.82 bits per heavy atom. The molecule has 0 saturated carbocycles. The monoisotopic (exact) mass is 373 g/mol. The molecular weight excluding hydrogens is 354 g/mol. The fraction of sp³-hybridized carbons (Fsp3) is 0.227. The Morgan fingerprint density at radius 3 is 2.64 bits per heavy atom. The Labute approximate surface area is 162 Å². The molecule has 5 rings (SSSR count). The second-order valence-corrected chi connectivity index (χ2v) is 7.14. The Balaban J connectivity index is 1.58. The van der Waals surface area contributed by atoms with Crippen LogP contribution < -0.4 is 0 Å². The molecule has 0 unspecified atom stereocenters. The van der Waals surface area contributed by atoms with Crippen molar-refractivity contribution in [2.45, 2.75) is 19.5 Å². The molecule has 1 aromatic heterocycles. The van der Waals surface area contributed by atoms with Gasteiger partial charge in [0.1, 0.15) is 23.2 Å². The zero-order valence-electron chi connectivity index (χ0n) is 15.5. The Morgan fingerprint density at radius 1 is 1.07 bits per heavy atom. The van der Waals surface area contributed by atoms with E-state index in [9.17, 15) is 9.59 Å². The standard InChI is InChI=1S/C22H19N3O3/c1-14-18(19(23-28-14)15-8-3-2-4-9-15)22(27)25-13-7-12-24-20(25)16-10-5-6-11-17(16)21(24)26/h2-6,8-11,20H,7,12-13H2,1H3/t20-/m1/s1.